The molecule has 1 N–H and O–H groups in total. The zero-order valence-corrected chi connectivity index (χ0v) is 9.86. The van der Waals surface area contributed by atoms with E-state index in [1.165, 1.54) is 0 Å². The van der Waals surface area contributed by atoms with Crippen LogP contribution in [0.4, 0.5) is 5.82 Å². The molecule has 0 aliphatic carbocycles. The van der Waals surface area contributed by atoms with Gasteiger partial charge in [0.05, 0.1) is 0 Å². The molecule has 4 heteroatoms. The topological polar surface area (TPSA) is 39.1 Å². The van der Waals surface area contributed by atoms with E-state index in [9.17, 15) is 0 Å². The van der Waals surface area contributed by atoms with E-state index in [1.807, 2.05) is 16.9 Å². The minimum Gasteiger partial charge on any atom is -0.385 e. The van der Waals surface area contributed by atoms with Crippen LogP contribution < -0.4 is 5.32 Å². The normalized spacial score (nSPS) is 10.9. The largest absolute Gasteiger partial charge is 0.385 e. The fourth-order valence-electron chi connectivity index (χ4n) is 1.26. The first kappa shape index (κ1) is 12.0. The molecule has 0 aliphatic rings. The van der Waals surface area contributed by atoms with Crippen molar-refractivity contribution in [1.82, 2.24) is 9.78 Å². The first-order valence-corrected chi connectivity index (χ1v) is 5.48. The van der Waals surface area contributed by atoms with Gasteiger partial charge in [0.2, 0.25) is 0 Å². The molecule has 0 aliphatic heterocycles. The number of nitrogens with one attached hydrogen (secondary N) is 1. The van der Waals surface area contributed by atoms with Crippen LogP contribution >= 0.6 is 0 Å². The Morgan fingerprint density at radius 1 is 1.53 bits per heavy atom. The highest BCUT2D eigenvalue weighted by Gasteiger charge is 1.99. The highest BCUT2D eigenvalue weighted by Crippen LogP contribution is 2.04. The van der Waals surface area contributed by atoms with Crippen LogP contribution in [0, 0.1) is 5.92 Å². The smallest absolute Gasteiger partial charge is 0.147 e. The fraction of sp³-hybridized carbons (Fsp3) is 0.727. The summed E-state index contributed by atoms with van der Waals surface area (Å²) in [6.45, 7) is 7.03. The van der Waals surface area contributed by atoms with Crippen molar-refractivity contribution in [2.75, 3.05) is 25.6 Å². The summed E-state index contributed by atoms with van der Waals surface area (Å²) < 4.78 is 6.94. The second-order valence-corrected chi connectivity index (χ2v) is 4.09. The second-order valence-electron chi connectivity index (χ2n) is 4.09. The summed E-state index contributed by atoms with van der Waals surface area (Å²) >= 11 is 0. The summed E-state index contributed by atoms with van der Waals surface area (Å²) in [5.41, 5.74) is 0. The van der Waals surface area contributed by atoms with Crippen molar-refractivity contribution in [1.29, 1.82) is 0 Å². The number of aromatic nitrogens is 2. The van der Waals surface area contributed by atoms with E-state index in [1.54, 1.807) is 7.11 Å². The number of methoxy groups -OCH3 is 1. The molecule has 0 bridgehead atoms. The molecule has 1 aromatic heterocycles. The monoisotopic (exact) mass is 211 g/mol. The summed E-state index contributed by atoms with van der Waals surface area (Å²) in [4.78, 5) is 0. The number of rotatable bonds is 7. The van der Waals surface area contributed by atoms with Gasteiger partial charge in [-0.15, -0.1) is 0 Å². The van der Waals surface area contributed by atoms with E-state index in [0.717, 1.165) is 31.9 Å². The molecule has 1 heterocycles. The van der Waals surface area contributed by atoms with Gasteiger partial charge in [0.15, 0.2) is 0 Å². The Morgan fingerprint density at radius 3 is 3.00 bits per heavy atom. The van der Waals surface area contributed by atoms with Gasteiger partial charge in [0, 0.05) is 39.1 Å². The highest BCUT2D eigenvalue weighted by atomic mass is 16.5. The Hall–Kier alpha value is -1.03. The molecular weight excluding hydrogens is 190 g/mol. The van der Waals surface area contributed by atoms with Gasteiger partial charge in [0.25, 0.3) is 0 Å². The average Bonchev–Trinajstić information content (AvgIpc) is 2.63. The van der Waals surface area contributed by atoms with Crippen LogP contribution in [0.25, 0.3) is 0 Å². The molecular formula is C11H21N3O. The third-order valence-corrected chi connectivity index (χ3v) is 2.07. The Bertz CT molecular complexity index is 271. The van der Waals surface area contributed by atoms with Crippen molar-refractivity contribution >= 4 is 5.82 Å². The quantitative estimate of drug-likeness (QED) is 0.701. The molecule has 1 aromatic rings. The van der Waals surface area contributed by atoms with E-state index < -0.39 is 0 Å². The summed E-state index contributed by atoms with van der Waals surface area (Å²) in [5.74, 6) is 1.60. The molecule has 4 nitrogen and oxygen atoms in total. The summed E-state index contributed by atoms with van der Waals surface area (Å²) in [5, 5.41) is 7.70. The molecule has 1 rings (SSSR count). The van der Waals surface area contributed by atoms with E-state index in [2.05, 4.69) is 24.3 Å². The van der Waals surface area contributed by atoms with E-state index in [-0.39, 0.29) is 0 Å². The van der Waals surface area contributed by atoms with Gasteiger partial charge in [-0.3, -0.25) is 4.68 Å². The first-order chi connectivity index (χ1) is 7.22. The molecule has 0 radical (unpaired) electrons. The van der Waals surface area contributed by atoms with Crippen molar-refractivity contribution < 1.29 is 4.74 Å². The SMILES string of the molecule is COCCCn1ccc(NCC(C)C)n1. The van der Waals surface area contributed by atoms with Crippen LogP contribution in [0.1, 0.15) is 20.3 Å². The fourth-order valence-corrected chi connectivity index (χ4v) is 1.26. The Kier molecular flexibility index (Phi) is 5.18. The lowest BCUT2D eigenvalue weighted by Crippen LogP contribution is -2.09. The Labute approximate surface area is 91.6 Å². The number of nitrogens with zero attached hydrogens (tertiary/aromatic N) is 2. The second kappa shape index (κ2) is 6.45. The van der Waals surface area contributed by atoms with Crippen LogP contribution in [0.5, 0.6) is 0 Å². The molecule has 0 aromatic carbocycles. The van der Waals surface area contributed by atoms with E-state index in [0.29, 0.717) is 5.92 Å². The van der Waals surface area contributed by atoms with Gasteiger partial charge in [-0.2, -0.15) is 5.10 Å². The van der Waals surface area contributed by atoms with Crippen LogP contribution in [0.2, 0.25) is 0 Å². The molecule has 15 heavy (non-hydrogen) atoms. The minimum atomic E-state index is 0.642. The number of anilines is 1. The maximum absolute atomic E-state index is 4.99. The first-order valence-electron chi connectivity index (χ1n) is 5.48. The summed E-state index contributed by atoms with van der Waals surface area (Å²) in [6.07, 6.45) is 3.00. The van der Waals surface area contributed by atoms with Crippen molar-refractivity contribution in [3.8, 4) is 0 Å². The van der Waals surface area contributed by atoms with Crippen LogP contribution in [-0.2, 0) is 11.3 Å². The lowest BCUT2D eigenvalue weighted by atomic mass is 10.2. The lowest BCUT2D eigenvalue weighted by Gasteiger charge is -2.05. The maximum atomic E-state index is 4.99. The van der Waals surface area contributed by atoms with Gasteiger partial charge in [-0.25, -0.2) is 0 Å². The van der Waals surface area contributed by atoms with Gasteiger partial charge in [-0.05, 0) is 12.3 Å². The molecule has 0 spiro atoms. The zero-order valence-electron chi connectivity index (χ0n) is 9.86. The van der Waals surface area contributed by atoms with Crippen molar-refractivity contribution in [3.63, 3.8) is 0 Å². The Morgan fingerprint density at radius 2 is 2.33 bits per heavy atom. The number of hydrogen-bond acceptors (Lipinski definition) is 3. The summed E-state index contributed by atoms with van der Waals surface area (Å²) in [6, 6.07) is 2.01. The third kappa shape index (κ3) is 4.83. The van der Waals surface area contributed by atoms with Crippen molar-refractivity contribution in [2.24, 2.45) is 5.92 Å². The van der Waals surface area contributed by atoms with Gasteiger partial charge in [0.1, 0.15) is 5.82 Å². The van der Waals surface area contributed by atoms with Crippen LogP contribution in [0.15, 0.2) is 12.3 Å². The molecule has 0 atom stereocenters. The minimum absolute atomic E-state index is 0.642. The average molecular weight is 211 g/mol. The van der Waals surface area contributed by atoms with Crippen LogP contribution in [-0.4, -0.2) is 30.0 Å². The molecule has 0 amide bonds. The Balaban J connectivity index is 2.29. The molecule has 0 saturated carbocycles. The molecule has 0 fully saturated rings. The number of hydrogen-bond donors (Lipinski definition) is 1. The third-order valence-electron chi connectivity index (χ3n) is 2.07. The predicted molar refractivity (Wildman–Crippen MR) is 62.0 cm³/mol. The van der Waals surface area contributed by atoms with Gasteiger partial charge >= 0.3 is 0 Å². The summed E-state index contributed by atoms with van der Waals surface area (Å²) in [7, 11) is 1.72. The molecule has 0 unspecified atom stereocenters. The molecule has 0 saturated heterocycles. The van der Waals surface area contributed by atoms with Gasteiger partial charge in [-0.1, -0.05) is 13.8 Å². The zero-order chi connectivity index (χ0) is 11.1. The van der Waals surface area contributed by atoms with E-state index in [4.69, 9.17) is 4.74 Å². The predicted octanol–water partition coefficient (Wildman–Crippen LogP) is 1.99. The van der Waals surface area contributed by atoms with E-state index >= 15 is 0 Å². The van der Waals surface area contributed by atoms with Crippen molar-refractivity contribution in [3.05, 3.63) is 12.3 Å². The van der Waals surface area contributed by atoms with Gasteiger partial charge < -0.3 is 10.1 Å². The standard InChI is InChI=1S/C11H21N3O/c1-10(2)9-12-11-5-7-14(13-11)6-4-8-15-3/h5,7,10H,4,6,8-9H2,1-3H3,(H,12,13). The lowest BCUT2D eigenvalue weighted by molar-refractivity contribution is 0.189. The molecule has 86 valence electrons. The van der Waals surface area contributed by atoms with Crippen LogP contribution in [0.3, 0.4) is 0 Å². The maximum Gasteiger partial charge on any atom is 0.147 e. The highest BCUT2D eigenvalue weighted by molar-refractivity contribution is 5.31. The number of aryl methyl sites for hydroxylation is 1. The van der Waals surface area contributed by atoms with Crippen molar-refractivity contribution in [2.45, 2.75) is 26.8 Å². The number of ether oxygens (including phenoxy) is 1.